The minimum absolute atomic E-state index is 0.0284. The smallest absolute Gasteiger partial charge is 0.238 e. The van der Waals surface area contributed by atoms with Gasteiger partial charge in [0.25, 0.3) is 0 Å². The van der Waals surface area contributed by atoms with Crippen LogP contribution >= 0.6 is 0 Å². The Kier molecular flexibility index (Phi) is 5.75. The Morgan fingerprint density at radius 3 is 2.62 bits per heavy atom. The number of nitrogens with one attached hydrogen (secondary N) is 1. The number of carbonyl (C=O) groups excluding carboxylic acids is 1. The molecular weight excluding hydrogens is 330 g/mol. The van der Waals surface area contributed by atoms with E-state index in [1.807, 2.05) is 18.2 Å². The number of hydrogen-bond acceptors (Lipinski definition) is 5. The third-order valence-electron chi connectivity index (χ3n) is 4.72. The van der Waals surface area contributed by atoms with Gasteiger partial charge in [0.1, 0.15) is 11.5 Å². The van der Waals surface area contributed by atoms with Crippen LogP contribution in [-0.4, -0.2) is 50.7 Å². The maximum absolute atomic E-state index is 12.5. The van der Waals surface area contributed by atoms with Gasteiger partial charge in [-0.3, -0.25) is 9.69 Å². The van der Waals surface area contributed by atoms with Crippen molar-refractivity contribution in [3.05, 3.63) is 54.1 Å². The van der Waals surface area contributed by atoms with E-state index in [0.717, 1.165) is 6.54 Å². The van der Waals surface area contributed by atoms with E-state index in [2.05, 4.69) is 22.3 Å². The van der Waals surface area contributed by atoms with Gasteiger partial charge in [-0.15, -0.1) is 0 Å². The molecule has 0 aliphatic carbocycles. The Morgan fingerprint density at radius 1 is 1.15 bits per heavy atom. The molecule has 2 aromatic rings. The monoisotopic (exact) mass is 355 g/mol. The van der Waals surface area contributed by atoms with E-state index in [0.29, 0.717) is 30.3 Å². The molecule has 2 aromatic carbocycles. The van der Waals surface area contributed by atoms with Crippen molar-refractivity contribution in [2.75, 3.05) is 39.2 Å². The summed E-state index contributed by atoms with van der Waals surface area (Å²) >= 11 is 0. The van der Waals surface area contributed by atoms with Crippen LogP contribution in [0, 0.1) is 0 Å². The molecule has 0 bridgehead atoms. The first-order chi connectivity index (χ1) is 12.6. The number of benzene rings is 2. The van der Waals surface area contributed by atoms with Crippen molar-refractivity contribution in [1.29, 1.82) is 0 Å². The van der Waals surface area contributed by atoms with Crippen LogP contribution in [0.2, 0.25) is 0 Å². The molecule has 0 spiro atoms. The van der Waals surface area contributed by atoms with Crippen molar-refractivity contribution in [1.82, 2.24) is 4.90 Å². The van der Waals surface area contributed by atoms with Gasteiger partial charge in [0.2, 0.25) is 5.91 Å². The Morgan fingerprint density at radius 2 is 1.92 bits per heavy atom. The summed E-state index contributed by atoms with van der Waals surface area (Å²) in [5.41, 5.74) is 8.15. The summed E-state index contributed by atoms with van der Waals surface area (Å²) < 4.78 is 10.5. The lowest BCUT2D eigenvalue weighted by Gasteiger charge is -2.17. The fraction of sp³-hybridized carbons (Fsp3) is 0.350. The van der Waals surface area contributed by atoms with Gasteiger partial charge in [0, 0.05) is 31.1 Å². The molecule has 1 saturated heterocycles. The second-order valence-corrected chi connectivity index (χ2v) is 6.49. The molecule has 3 rings (SSSR count). The van der Waals surface area contributed by atoms with E-state index in [-0.39, 0.29) is 17.9 Å². The molecule has 2 atom stereocenters. The van der Waals surface area contributed by atoms with Gasteiger partial charge in [-0.2, -0.15) is 0 Å². The second kappa shape index (κ2) is 8.21. The van der Waals surface area contributed by atoms with Gasteiger partial charge in [-0.1, -0.05) is 30.3 Å². The maximum atomic E-state index is 12.5. The summed E-state index contributed by atoms with van der Waals surface area (Å²) in [4.78, 5) is 14.6. The number of methoxy groups -OCH3 is 2. The number of hydrogen-bond donors (Lipinski definition) is 2. The highest BCUT2D eigenvalue weighted by Gasteiger charge is 2.32. The average molecular weight is 355 g/mol. The highest BCUT2D eigenvalue weighted by atomic mass is 16.5. The summed E-state index contributed by atoms with van der Waals surface area (Å²) in [7, 11) is 3.15. The van der Waals surface area contributed by atoms with E-state index in [1.165, 1.54) is 5.56 Å². The van der Waals surface area contributed by atoms with Gasteiger partial charge < -0.3 is 20.5 Å². The standard InChI is InChI=1S/C20H25N3O3/c1-25-15-8-9-18(19(10-15)26-2)22-20(24)13-23-11-16(17(21)12-23)14-6-4-3-5-7-14/h3-10,16-17H,11-13,21H2,1-2H3,(H,22,24)/t16-,17+/m0/s1. The lowest BCUT2D eigenvalue weighted by molar-refractivity contribution is -0.117. The van der Waals surface area contributed by atoms with E-state index in [1.54, 1.807) is 32.4 Å². The third kappa shape index (κ3) is 4.15. The number of carbonyl (C=O) groups is 1. The molecule has 1 aliphatic heterocycles. The van der Waals surface area contributed by atoms with Crippen LogP contribution < -0.4 is 20.5 Å². The van der Waals surface area contributed by atoms with Crippen LogP contribution in [0.5, 0.6) is 11.5 Å². The summed E-state index contributed by atoms with van der Waals surface area (Å²) in [5, 5.41) is 2.91. The molecule has 0 radical (unpaired) electrons. The average Bonchev–Trinajstić information content (AvgIpc) is 3.02. The van der Waals surface area contributed by atoms with E-state index < -0.39 is 0 Å². The molecule has 0 saturated carbocycles. The Hall–Kier alpha value is -2.57. The van der Waals surface area contributed by atoms with Crippen LogP contribution in [0.25, 0.3) is 0 Å². The molecule has 138 valence electrons. The molecule has 6 nitrogen and oxygen atoms in total. The van der Waals surface area contributed by atoms with Gasteiger partial charge >= 0.3 is 0 Å². The summed E-state index contributed by atoms with van der Waals surface area (Å²) in [5.74, 6) is 1.41. The minimum Gasteiger partial charge on any atom is -0.497 e. The first-order valence-electron chi connectivity index (χ1n) is 8.65. The third-order valence-corrected chi connectivity index (χ3v) is 4.72. The normalized spacial score (nSPS) is 20.0. The van der Waals surface area contributed by atoms with Gasteiger partial charge in [0.05, 0.1) is 26.5 Å². The number of likely N-dealkylation sites (tertiary alicyclic amines) is 1. The first-order valence-corrected chi connectivity index (χ1v) is 8.65. The molecular formula is C20H25N3O3. The zero-order chi connectivity index (χ0) is 18.5. The zero-order valence-electron chi connectivity index (χ0n) is 15.1. The summed E-state index contributed by atoms with van der Waals surface area (Å²) in [6.07, 6.45) is 0. The Labute approximate surface area is 153 Å². The molecule has 0 aromatic heterocycles. The molecule has 1 amide bonds. The molecule has 1 fully saturated rings. The molecule has 26 heavy (non-hydrogen) atoms. The van der Waals surface area contributed by atoms with E-state index in [4.69, 9.17) is 15.2 Å². The van der Waals surface area contributed by atoms with Crippen molar-refractivity contribution < 1.29 is 14.3 Å². The minimum atomic E-state index is -0.0885. The van der Waals surface area contributed by atoms with E-state index in [9.17, 15) is 4.79 Å². The number of rotatable bonds is 6. The summed E-state index contributed by atoms with van der Waals surface area (Å²) in [6, 6.07) is 15.6. The molecule has 3 N–H and O–H groups in total. The predicted molar refractivity (Wildman–Crippen MR) is 102 cm³/mol. The highest BCUT2D eigenvalue weighted by molar-refractivity contribution is 5.93. The topological polar surface area (TPSA) is 76.8 Å². The number of amides is 1. The lowest BCUT2D eigenvalue weighted by Crippen LogP contribution is -2.33. The van der Waals surface area contributed by atoms with Gasteiger partial charge in [0.15, 0.2) is 0 Å². The van der Waals surface area contributed by atoms with Gasteiger partial charge in [-0.25, -0.2) is 0 Å². The molecule has 1 heterocycles. The van der Waals surface area contributed by atoms with Crippen molar-refractivity contribution in [2.45, 2.75) is 12.0 Å². The number of anilines is 1. The highest BCUT2D eigenvalue weighted by Crippen LogP contribution is 2.29. The SMILES string of the molecule is COc1ccc(NC(=O)CN2C[C@@H](N)[C@H](c3ccccc3)C2)c(OC)c1. The van der Waals surface area contributed by atoms with Crippen molar-refractivity contribution in [3.8, 4) is 11.5 Å². The zero-order valence-corrected chi connectivity index (χ0v) is 15.1. The number of ether oxygens (including phenoxy) is 2. The largest absolute Gasteiger partial charge is 0.497 e. The quantitative estimate of drug-likeness (QED) is 0.830. The summed E-state index contributed by atoms with van der Waals surface area (Å²) in [6.45, 7) is 1.78. The van der Waals surface area contributed by atoms with Crippen molar-refractivity contribution in [3.63, 3.8) is 0 Å². The molecule has 1 aliphatic rings. The Balaban J connectivity index is 1.61. The lowest BCUT2D eigenvalue weighted by atomic mass is 9.95. The number of nitrogens with zero attached hydrogens (tertiary/aromatic N) is 1. The fourth-order valence-electron chi connectivity index (χ4n) is 3.39. The predicted octanol–water partition coefficient (Wildman–Crippen LogP) is 2.07. The number of nitrogens with two attached hydrogens (primary N) is 1. The first kappa shape index (κ1) is 18.2. The van der Waals surface area contributed by atoms with Crippen LogP contribution in [0.3, 0.4) is 0 Å². The van der Waals surface area contributed by atoms with E-state index >= 15 is 0 Å². The molecule has 6 heteroatoms. The maximum Gasteiger partial charge on any atom is 0.238 e. The fourth-order valence-corrected chi connectivity index (χ4v) is 3.39. The second-order valence-electron chi connectivity index (χ2n) is 6.49. The van der Waals surface area contributed by atoms with Crippen LogP contribution in [0.4, 0.5) is 5.69 Å². The van der Waals surface area contributed by atoms with Crippen LogP contribution in [-0.2, 0) is 4.79 Å². The van der Waals surface area contributed by atoms with Crippen LogP contribution in [0.1, 0.15) is 11.5 Å². The Bertz CT molecular complexity index is 751. The van der Waals surface area contributed by atoms with Crippen molar-refractivity contribution >= 4 is 11.6 Å². The van der Waals surface area contributed by atoms with Crippen LogP contribution in [0.15, 0.2) is 48.5 Å². The van der Waals surface area contributed by atoms with Crippen molar-refractivity contribution in [2.24, 2.45) is 5.73 Å². The molecule has 0 unspecified atom stereocenters. The van der Waals surface area contributed by atoms with Gasteiger partial charge in [-0.05, 0) is 17.7 Å².